The van der Waals surface area contributed by atoms with Crippen molar-refractivity contribution in [2.45, 2.75) is 71.4 Å². The minimum Gasteiger partial charge on any atom is -0.387 e. The van der Waals surface area contributed by atoms with Crippen molar-refractivity contribution < 1.29 is 24.5 Å². The lowest BCUT2D eigenvalue weighted by Gasteiger charge is -2.72. The number of carbonyl (C=O) groups is 1. The topological polar surface area (TPSA) is 76.0 Å². The molecule has 5 aliphatic rings. The summed E-state index contributed by atoms with van der Waals surface area (Å²) in [6, 6.07) is 0. The smallest absolute Gasteiger partial charge is 0.208 e. The van der Waals surface area contributed by atoms with Crippen LogP contribution in [0.1, 0.15) is 53.4 Å². The van der Waals surface area contributed by atoms with Crippen molar-refractivity contribution in [2.24, 2.45) is 39.9 Å². The van der Waals surface area contributed by atoms with E-state index in [4.69, 9.17) is 9.47 Å². The Labute approximate surface area is 161 Å². The van der Waals surface area contributed by atoms with Crippen LogP contribution in [-0.2, 0) is 14.3 Å². The van der Waals surface area contributed by atoms with Crippen LogP contribution in [0.25, 0.3) is 0 Å². The number of carbonyl (C=O) groups excluding carboxylic acids is 1. The quantitative estimate of drug-likeness (QED) is 0.636. The second-order valence-corrected chi connectivity index (χ2v) is 10.7. The highest BCUT2D eigenvalue weighted by Gasteiger charge is 2.83. The summed E-state index contributed by atoms with van der Waals surface area (Å²) in [7, 11) is 0. The summed E-state index contributed by atoms with van der Waals surface area (Å²) in [6.45, 7) is 12.6. The first kappa shape index (κ1) is 18.3. The largest absolute Gasteiger partial charge is 0.387 e. The van der Waals surface area contributed by atoms with Crippen LogP contribution in [-0.4, -0.2) is 40.8 Å². The number of aliphatic hydroxyl groups is 2. The third-order valence-corrected chi connectivity index (χ3v) is 9.62. The van der Waals surface area contributed by atoms with Gasteiger partial charge in [-0.05, 0) is 54.4 Å². The first-order valence-corrected chi connectivity index (χ1v) is 10.4. The summed E-state index contributed by atoms with van der Waals surface area (Å²) in [5, 5.41) is 23.6. The minimum absolute atomic E-state index is 0.0617. The van der Waals surface area contributed by atoms with E-state index in [9.17, 15) is 15.0 Å². The van der Waals surface area contributed by atoms with Gasteiger partial charge in [0.2, 0.25) is 5.79 Å². The van der Waals surface area contributed by atoms with Crippen molar-refractivity contribution in [1.29, 1.82) is 0 Å². The number of rotatable bonds is 0. The molecule has 150 valence electrons. The highest BCUT2D eigenvalue weighted by molar-refractivity contribution is 6.04. The van der Waals surface area contributed by atoms with Crippen molar-refractivity contribution in [3.63, 3.8) is 0 Å². The van der Waals surface area contributed by atoms with Crippen molar-refractivity contribution in [2.75, 3.05) is 6.79 Å². The molecule has 0 radical (unpaired) electrons. The molecule has 0 aromatic carbocycles. The molecule has 5 fully saturated rings. The Morgan fingerprint density at radius 3 is 2.59 bits per heavy atom. The number of ether oxygens (including phenoxy) is 2. The minimum atomic E-state index is -1.93. The van der Waals surface area contributed by atoms with Crippen molar-refractivity contribution in [1.82, 2.24) is 0 Å². The molecule has 1 spiro atoms. The number of fused-ring (bicyclic) bond motifs is 2. The number of hydrogen-bond donors (Lipinski definition) is 2. The molecule has 4 aliphatic carbocycles. The Balaban J connectivity index is 1.83. The predicted molar refractivity (Wildman–Crippen MR) is 98.4 cm³/mol. The van der Waals surface area contributed by atoms with Crippen LogP contribution in [0, 0.1) is 39.9 Å². The van der Waals surface area contributed by atoms with Gasteiger partial charge < -0.3 is 19.7 Å². The maximum absolute atomic E-state index is 13.7. The van der Waals surface area contributed by atoms with Crippen molar-refractivity contribution in [3.05, 3.63) is 12.2 Å². The highest BCUT2D eigenvalue weighted by Crippen LogP contribution is 2.76. The normalized spacial score (nSPS) is 58.6. The van der Waals surface area contributed by atoms with Gasteiger partial charge in [0.1, 0.15) is 6.10 Å². The Kier molecular flexibility index (Phi) is 3.42. The second kappa shape index (κ2) is 5.05. The van der Waals surface area contributed by atoms with E-state index in [2.05, 4.69) is 27.4 Å². The van der Waals surface area contributed by atoms with Crippen LogP contribution < -0.4 is 0 Å². The fourth-order valence-electron chi connectivity index (χ4n) is 8.64. The summed E-state index contributed by atoms with van der Waals surface area (Å²) in [5.41, 5.74) is -1.10. The van der Waals surface area contributed by atoms with Crippen LogP contribution in [0.3, 0.4) is 0 Å². The molecule has 2 N–H and O–H groups in total. The van der Waals surface area contributed by atoms with E-state index >= 15 is 0 Å². The van der Waals surface area contributed by atoms with E-state index in [-0.39, 0.29) is 47.8 Å². The van der Waals surface area contributed by atoms with E-state index in [1.165, 1.54) is 0 Å². The summed E-state index contributed by atoms with van der Waals surface area (Å²) in [5.74, 6) is -2.35. The van der Waals surface area contributed by atoms with Gasteiger partial charge in [0.05, 0.1) is 11.5 Å². The number of allylic oxidation sites excluding steroid dienone is 1. The molecule has 1 heterocycles. The second-order valence-electron chi connectivity index (χ2n) is 10.7. The summed E-state index contributed by atoms with van der Waals surface area (Å²) < 4.78 is 12.1. The zero-order chi connectivity index (χ0) is 19.6. The Hall–Kier alpha value is -0.750. The molecule has 3 unspecified atom stereocenters. The van der Waals surface area contributed by atoms with E-state index in [0.29, 0.717) is 5.57 Å². The average molecular weight is 376 g/mol. The molecular formula is C22H32O5. The lowest BCUT2D eigenvalue weighted by Crippen LogP contribution is -2.80. The van der Waals surface area contributed by atoms with Crippen LogP contribution in [0.5, 0.6) is 0 Å². The van der Waals surface area contributed by atoms with E-state index in [1.807, 2.05) is 6.92 Å². The summed E-state index contributed by atoms with van der Waals surface area (Å²) in [4.78, 5) is 13.7. The van der Waals surface area contributed by atoms with Gasteiger partial charge in [-0.1, -0.05) is 34.3 Å². The molecule has 5 nitrogen and oxygen atoms in total. The fraction of sp³-hybridized carbons (Fsp3) is 0.864. The van der Waals surface area contributed by atoms with Gasteiger partial charge in [-0.2, -0.15) is 0 Å². The Bertz CT molecular complexity index is 730. The van der Waals surface area contributed by atoms with Crippen molar-refractivity contribution >= 4 is 5.78 Å². The zero-order valence-corrected chi connectivity index (χ0v) is 16.8. The van der Waals surface area contributed by atoms with E-state index in [1.54, 1.807) is 0 Å². The van der Waals surface area contributed by atoms with E-state index in [0.717, 1.165) is 25.7 Å². The van der Waals surface area contributed by atoms with Crippen LogP contribution in [0.4, 0.5) is 0 Å². The number of ketones is 1. The summed E-state index contributed by atoms with van der Waals surface area (Å²) in [6.07, 6.45) is 2.33. The number of Topliss-reactive ketones (excluding diaryl/α,β-unsaturated/α-hetero) is 1. The lowest BCUT2D eigenvalue weighted by atomic mass is 9.36. The van der Waals surface area contributed by atoms with E-state index < -0.39 is 22.7 Å². The molecule has 6 bridgehead atoms. The summed E-state index contributed by atoms with van der Waals surface area (Å²) >= 11 is 0. The molecule has 27 heavy (non-hydrogen) atoms. The molecular weight excluding hydrogens is 344 g/mol. The van der Waals surface area contributed by atoms with Gasteiger partial charge in [0, 0.05) is 11.3 Å². The van der Waals surface area contributed by atoms with Gasteiger partial charge in [-0.3, -0.25) is 4.79 Å². The van der Waals surface area contributed by atoms with Crippen LogP contribution in [0.2, 0.25) is 0 Å². The monoisotopic (exact) mass is 376 g/mol. The SMILES string of the molecule is C=C1C(=O)[C@]23C(C)[C@H]1CCC2[C@@]1(C)C2[C@H](O)[C@@]3(O)OCO[C@H]1CCC2(C)C. The third-order valence-electron chi connectivity index (χ3n) is 9.62. The number of hydrogen-bond acceptors (Lipinski definition) is 5. The van der Waals surface area contributed by atoms with Crippen LogP contribution in [0.15, 0.2) is 12.2 Å². The first-order chi connectivity index (χ1) is 12.5. The fourth-order valence-corrected chi connectivity index (χ4v) is 8.64. The molecule has 4 saturated carbocycles. The first-order valence-electron chi connectivity index (χ1n) is 10.4. The van der Waals surface area contributed by atoms with Gasteiger partial charge in [0.25, 0.3) is 0 Å². The molecule has 0 aromatic rings. The molecule has 1 aliphatic heterocycles. The Morgan fingerprint density at radius 1 is 1.19 bits per heavy atom. The maximum Gasteiger partial charge on any atom is 0.208 e. The lowest BCUT2D eigenvalue weighted by molar-refractivity contribution is -0.438. The standard InChI is InChI=1S/C22H32O5/c1-11-13-6-7-14-20(5)15-8-9-19(3,4)16(20)18(24)22(25,27-10-26-15)21(14,12(13)2)17(11)23/h12-16,18,24-25H,1,6-10H2,2-5H3/t12?,13-,14?,15-,16?,18-,20+,21-,22+/m0/s1. The Morgan fingerprint density at radius 2 is 1.89 bits per heavy atom. The average Bonchev–Trinajstić information content (AvgIpc) is 2.70. The van der Waals surface area contributed by atoms with Gasteiger partial charge in [0.15, 0.2) is 12.6 Å². The zero-order valence-electron chi connectivity index (χ0n) is 16.8. The molecule has 0 aromatic heterocycles. The molecule has 5 heteroatoms. The molecule has 0 amide bonds. The number of aliphatic hydroxyl groups excluding tert-OH is 1. The van der Waals surface area contributed by atoms with Gasteiger partial charge in [-0.25, -0.2) is 0 Å². The molecule has 1 saturated heterocycles. The molecule has 9 atom stereocenters. The highest BCUT2D eigenvalue weighted by atomic mass is 16.7. The van der Waals surface area contributed by atoms with Gasteiger partial charge in [-0.15, -0.1) is 0 Å². The van der Waals surface area contributed by atoms with Crippen molar-refractivity contribution in [3.8, 4) is 0 Å². The third kappa shape index (κ3) is 1.68. The van der Waals surface area contributed by atoms with Crippen LogP contribution >= 0.6 is 0 Å². The molecule has 5 rings (SSSR count). The predicted octanol–water partition coefficient (Wildman–Crippen LogP) is 2.65. The van der Waals surface area contributed by atoms with Gasteiger partial charge >= 0.3 is 0 Å². The maximum atomic E-state index is 13.7.